The highest BCUT2D eigenvalue weighted by Crippen LogP contribution is 2.12. The summed E-state index contributed by atoms with van der Waals surface area (Å²) >= 11 is 0. The zero-order valence-corrected chi connectivity index (χ0v) is 10.0. The number of amides is 1. The van der Waals surface area contributed by atoms with Crippen LogP contribution in [-0.2, 0) is 6.54 Å². The van der Waals surface area contributed by atoms with E-state index in [0.717, 1.165) is 6.07 Å². The van der Waals surface area contributed by atoms with Crippen molar-refractivity contribution in [2.75, 3.05) is 7.05 Å². The van der Waals surface area contributed by atoms with Crippen LogP contribution in [0.25, 0.3) is 10.9 Å². The van der Waals surface area contributed by atoms with Gasteiger partial charge in [0, 0.05) is 13.6 Å². The van der Waals surface area contributed by atoms with Crippen molar-refractivity contribution in [1.82, 2.24) is 15.1 Å². The zero-order valence-electron chi connectivity index (χ0n) is 10.0. The van der Waals surface area contributed by atoms with Crippen LogP contribution in [0.4, 0.5) is 4.39 Å². The first-order valence-electron chi connectivity index (χ1n) is 5.51. The molecular weight excluding hydrogens is 237 g/mol. The predicted octanol–water partition coefficient (Wildman–Crippen LogP) is 0.915. The van der Waals surface area contributed by atoms with Crippen molar-refractivity contribution in [2.45, 2.75) is 13.5 Å². The van der Waals surface area contributed by atoms with Gasteiger partial charge < -0.3 is 5.32 Å². The number of hydrogen-bond acceptors (Lipinski definition) is 3. The fraction of sp³-hybridized carbons (Fsp3) is 0.250. The maximum absolute atomic E-state index is 13.2. The molecule has 0 aliphatic carbocycles. The normalized spacial score (nSPS) is 10.6. The quantitative estimate of drug-likeness (QED) is 0.860. The molecule has 0 radical (unpaired) electrons. The van der Waals surface area contributed by atoms with Crippen LogP contribution in [0, 0.1) is 5.82 Å². The van der Waals surface area contributed by atoms with Gasteiger partial charge in [-0.3, -0.25) is 14.3 Å². The summed E-state index contributed by atoms with van der Waals surface area (Å²) in [5.74, 6) is -1.09. The minimum Gasteiger partial charge on any atom is -0.354 e. The highest BCUT2D eigenvalue weighted by Gasteiger charge is 2.16. The van der Waals surface area contributed by atoms with Crippen LogP contribution < -0.4 is 10.7 Å². The second-order valence-corrected chi connectivity index (χ2v) is 3.73. The Morgan fingerprint density at radius 1 is 1.50 bits per heavy atom. The summed E-state index contributed by atoms with van der Waals surface area (Å²) in [6, 6.07) is 3.86. The molecule has 0 aliphatic heterocycles. The standard InChI is InChI=1S/C12H12FN3O2/c1-3-16-9-5-4-7(13)6-8(9)11(17)10(15-16)12(18)14-2/h4-6H,3H2,1-2H3,(H,14,18). The van der Waals surface area contributed by atoms with Gasteiger partial charge in [0.25, 0.3) is 5.91 Å². The number of fused-ring (bicyclic) bond motifs is 1. The summed E-state index contributed by atoms with van der Waals surface area (Å²) in [6.07, 6.45) is 0. The van der Waals surface area contributed by atoms with Crippen LogP contribution in [0.2, 0.25) is 0 Å². The second-order valence-electron chi connectivity index (χ2n) is 3.73. The molecule has 94 valence electrons. The molecule has 0 fully saturated rings. The molecule has 1 N–H and O–H groups in total. The number of nitrogens with one attached hydrogen (secondary N) is 1. The fourth-order valence-corrected chi connectivity index (χ4v) is 1.77. The monoisotopic (exact) mass is 249 g/mol. The Balaban J connectivity index is 2.88. The number of benzene rings is 1. The maximum Gasteiger partial charge on any atom is 0.275 e. The van der Waals surface area contributed by atoms with Gasteiger partial charge in [-0.05, 0) is 25.1 Å². The number of halogens is 1. The molecule has 2 aromatic rings. The third-order valence-corrected chi connectivity index (χ3v) is 2.66. The lowest BCUT2D eigenvalue weighted by atomic mass is 10.2. The molecule has 1 aromatic heterocycles. The average Bonchev–Trinajstić information content (AvgIpc) is 2.39. The van der Waals surface area contributed by atoms with Gasteiger partial charge in [0.15, 0.2) is 5.69 Å². The largest absolute Gasteiger partial charge is 0.354 e. The first kappa shape index (κ1) is 12.2. The minimum absolute atomic E-state index is 0.158. The Morgan fingerprint density at radius 3 is 2.83 bits per heavy atom. The van der Waals surface area contributed by atoms with Crippen molar-refractivity contribution < 1.29 is 9.18 Å². The predicted molar refractivity (Wildman–Crippen MR) is 65.0 cm³/mol. The third-order valence-electron chi connectivity index (χ3n) is 2.66. The highest BCUT2D eigenvalue weighted by atomic mass is 19.1. The van der Waals surface area contributed by atoms with Crippen LogP contribution >= 0.6 is 0 Å². The molecule has 6 heteroatoms. The SMILES string of the molecule is CCn1nc(C(=O)NC)c(=O)c2cc(F)ccc21. The Bertz CT molecular complexity index is 679. The summed E-state index contributed by atoms with van der Waals surface area (Å²) in [4.78, 5) is 23.6. The van der Waals surface area contributed by atoms with Crippen LogP contribution in [0.3, 0.4) is 0 Å². The van der Waals surface area contributed by atoms with E-state index in [4.69, 9.17) is 0 Å². The Labute approximate surface area is 102 Å². The first-order valence-corrected chi connectivity index (χ1v) is 5.51. The first-order chi connectivity index (χ1) is 8.58. The topological polar surface area (TPSA) is 64.0 Å². The summed E-state index contributed by atoms with van der Waals surface area (Å²) in [7, 11) is 1.41. The lowest BCUT2D eigenvalue weighted by Gasteiger charge is -2.09. The van der Waals surface area contributed by atoms with E-state index in [-0.39, 0.29) is 11.1 Å². The van der Waals surface area contributed by atoms with Crippen molar-refractivity contribution in [1.29, 1.82) is 0 Å². The van der Waals surface area contributed by atoms with Gasteiger partial charge in [0.05, 0.1) is 10.9 Å². The molecule has 18 heavy (non-hydrogen) atoms. The molecule has 0 aliphatic rings. The summed E-state index contributed by atoms with van der Waals surface area (Å²) in [5.41, 5.74) is -0.275. The molecule has 2 rings (SSSR count). The van der Waals surface area contributed by atoms with E-state index in [0.29, 0.717) is 12.1 Å². The number of nitrogens with zero attached hydrogens (tertiary/aromatic N) is 2. The third kappa shape index (κ3) is 1.85. The molecule has 1 heterocycles. The van der Waals surface area contributed by atoms with E-state index in [9.17, 15) is 14.0 Å². The molecule has 0 atom stereocenters. The van der Waals surface area contributed by atoms with Crippen molar-refractivity contribution in [3.05, 3.63) is 39.9 Å². The van der Waals surface area contributed by atoms with Crippen molar-refractivity contribution in [3.8, 4) is 0 Å². The van der Waals surface area contributed by atoms with Crippen molar-refractivity contribution in [3.63, 3.8) is 0 Å². The van der Waals surface area contributed by atoms with Crippen LogP contribution in [0.1, 0.15) is 17.4 Å². The van der Waals surface area contributed by atoms with Gasteiger partial charge in [0.2, 0.25) is 5.43 Å². The lowest BCUT2D eigenvalue weighted by Crippen LogP contribution is -2.29. The zero-order chi connectivity index (χ0) is 13.3. The van der Waals surface area contributed by atoms with Gasteiger partial charge in [-0.1, -0.05) is 0 Å². The van der Waals surface area contributed by atoms with Crippen LogP contribution in [0.15, 0.2) is 23.0 Å². The van der Waals surface area contributed by atoms with E-state index >= 15 is 0 Å². The van der Waals surface area contributed by atoms with E-state index in [1.807, 2.05) is 6.92 Å². The Kier molecular flexibility index (Phi) is 3.10. The second kappa shape index (κ2) is 4.56. The summed E-state index contributed by atoms with van der Waals surface area (Å²) < 4.78 is 14.7. The number of hydrogen-bond donors (Lipinski definition) is 1. The lowest BCUT2D eigenvalue weighted by molar-refractivity contribution is 0.0955. The van der Waals surface area contributed by atoms with E-state index in [2.05, 4.69) is 10.4 Å². The van der Waals surface area contributed by atoms with Gasteiger partial charge in [-0.15, -0.1) is 0 Å². The van der Waals surface area contributed by atoms with Crippen LogP contribution in [0.5, 0.6) is 0 Å². The molecule has 5 nitrogen and oxygen atoms in total. The Morgan fingerprint density at radius 2 is 2.22 bits per heavy atom. The number of aromatic nitrogens is 2. The number of aryl methyl sites for hydroxylation is 1. The van der Waals surface area contributed by atoms with Crippen molar-refractivity contribution >= 4 is 16.8 Å². The maximum atomic E-state index is 13.2. The van der Waals surface area contributed by atoms with Crippen LogP contribution in [-0.4, -0.2) is 22.7 Å². The molecule has 0 saturated carbocycles. The summed E-state index contributed by atoms with van der Waals surface area (Å²) in [6.45, 7) is 2.31. The smallest absolute Gasteiger partial charge is 0.275 e. The minimum atomic E-state index is -0.576. The van der Waals surface area contributed by atoms with Gasteiger partial charge >= 0.3 is 0 Å². The molecule has 1 amide bonds. The molecule has 0 saturated heterocycles. The Hall–Kier alpha value is -2.24. The molecular formula is C12H12FN3O2. The number of carbonyl (C=O) groups is 1. The average molecular weight is 249 g/mol. The highest BCUT2D eigenvalue weighted by molar-refractivity contribution is 5.95. The van der Waals surface area contributed by atoms with E-state index in [1.54, 1.807) is 0 Å². The fourth-order valence-electron chi connectivity index (χ4n) is 1.77. The number of carbonyl (C=O) groups excluding carboxylic acids is 1. The molecule has 0 spiro atoms. The van der Waals surface area contributed by atoms with E-state index in [1.165, 1.54) is 23.9 Å². The van der Waals surface area contributed by atoms with Gasteiger partial charge in [0.1, 0.15) is 5.82 Å². The van der Waals surface area contributed by atoms with Gasteiger partial charge in [-0.25, -0.2) is 4.39 Å². The summed E-state index contributed by atoms with van der Waals surface area (Å²) in [5, 5.41) is 6.49. The van der Waals surface area contributed by atoms with Gasteiger partial charge in [-0.2, -0.15) is 5.10 Å². The molecule has 1 aromatic carbocycles. The van der Waals surface area contributed by atoms with E-state index < -0.39 is 17.2 Å². The molecule has 0 unspecified atom stereocenters. The van der Waals surface area contributed by atoms with Crippen molar-refractivity contribution in [2.24, 2.45) is 0 Å². The number of rotatable bonds is 2. The molecule has 0 bridgehead atoms.